The lowest BCUT2D eigenvalue weighted by atomic mass is 9.83. The number of likely N-dealkylation sites (N-methyl/N-ethyl adjacent to an activating group) is 1. The van der Waals surface area contributed by atoms with Crippen molar-refractivity contribution in [1.82, 2.24) is 10.2 Å². The summed E-state index contributed by atoms with van der Waals surface area (Å²) in [7, 11) is 4.06. The van der Waals surface area contributed by atoms with Gasteiger partial charge in [0.05, 0.1) is 6.04 Å². The molecule has 94 valence electrons. The molecule has 0 aromatic heterocycles. The first-order valence-corrected chi connectivity index (χ1v) is 6.28. The minimum Gasteiger partial charge on any atom is -0.368 e. The molecule has 0 aliphatic heterocycles. The molecule has 0 heterocycles. The third-order valence-corrected chi connectivity index (χ3v) is 3.35. The van der Waals surface area contributed by atoms with Gasteiger partial charge in [0.1, 0.15) is 0 Å². The van der Waals surface area contributed by atoms with Crippen LogP contribution in [0, 0.1) is 5.92 Å². The van der Waals surface area contributed by atoms with Crippen LogP contribution in [0.3, 0.4) is 0 Å². The Labute approximate surface area is 98.6 Å². The molecule has 0 spiro atoms. The average molecular weight is 227 g/mol. The predicted molar refractivity (Wildman–Crippen MR) is 66.1 cm³/mol. The Morgan fingerprint density at radius 2 is 2.00 bits per heavy atom. The fourth-order valence-electron chi connectivity index (χ4n) is 2.41. The van der Waals surface area contributed by atoms with Crippen molar-refractivity contribution in [1.29, 1.82) is 0 Å². The fraction of sp³-hybridized carbons (Fsp3) is 0.917. The maximum atomic E-state index is 11.4. The van der Waals surface area contributed by atoms with Crippen LogP contribution in [0.15, 0.2) is 0 Å². The molecule has 1 saturated carbocycles. The molecule has 1 rings (SSSR count). The Balaban J connectivity index is 2.37. The van der Waals surface area contributed by atoms with Crippen molar-refractivity contribution in [2.75, 3.05) is 27.2 Å². The molecule has 0 aromatic rings. The van der Waals surface area contributed by atoms with Crippen LogP contribution in [0.2, 0.25) is 0 Å². The Morgan fingerprint density at radius 1 is 1.38 bits per heavy atom. The molecule has 3 N–H and O–H groups in total. The number of amides is 1. The van der Waals surface area contributed by atoms with Crippen LogP contribution in [0.4, 0.5) is 0 Å². The van der Waals surface area contributed by atoms with Gasteiger partial charge in [0.15, 0.2) is 0 Å². The molecule has 16 heavy (non-hydrogen) atoms. The summed E-state index contributed by atoms with van der Waals surface area (Å²) in [6.45, 7) is 1.77. The lowest BCUT2D eigenvalue weighted by molar-refractivity contribution is -0.121. The molecule has 1 fully saturated rings. The van der Waals surface area contributed by atoms with E-state index in [9.17, 15) is 4.79 Å². The summed E-state index contributed by atoms with van der Waals surface area (Å²) in [4.78, 5) is 13.5. The van der Waals surface area contributed by atoms with E-state index in [4.69, 9.17) is 5.73 Å². The quantitative estimate of drug-likeness (QED) is 0.697. The normalized spacial score (nSPS) is 19.9. The molecular weight excluding hydrogens is 202 g/mol. The van der Waals surface area contributed by atoms with Crippen LogP contribution in [-0.4, -0.2) is 44.0 Å². The van der Waals surface area contributed by atoms with Crippen LogP contribution in [0.1, 0.15) is 32.1 Å². The van der Waals surface area contributed by atoms with E-state index < -0.39 is 0 Å². The highest BCUT2D eigenvalue weighted by Crippen LogP contribution is 2.26. The van der Waals surface area contributed by atoms with Gasteiger partial charge in [-0.2, -0.15) is 0 Å². The first-order chi connectivity index (χ1) is 7.61. The second kappa shape index (κ2) is 6.86. The summed E-state index contributed by atoms with van der Waals surface area (Å²) < 4.78 is 0. The number of hydrogen-bond acceptors (Lipinski definition) is 3. The Kier molecular flexibility index (Phi) is 5.77. The van der Waals surface area contributed by atoms with Crippen LogP contribution in [0.25, 0.3) is 0 Å². The maximum absolute atomic E-state index is 11.4. The molecule has 4 heteroatoms. The summed E-state index contributed by atoms with van der Waals surface area (Å²) in [5, 5.41) is 3.30. The smallest absolute Gasteiger partial charge is 0.234 e. The fourth-order valence-corrected chi connectivity index (χ4v) is 2.41. The molecule has 1 aliphatic carbocycles. The van der Waals surface area contributed by atoms with Gasteiger partial charge in [-0.3, -0.25) is 4.79 Å². The minimum absolute atomic E-state index is 0.125. The van der Waals surface area contributed by atoms with Crippen molar-refractivity contribution in [2.24, 2.45) is 11.7 Å². The molecule has 1 aliphatic rings. The zero-order chi connectivity index (χ0) is 12.0. The van der Waals surface area contributed by atoms with E-state index in [-0.39, 0.29) is 11.9 Å². The molecule has 0 bridgehead atoms. The van der Waals surface area contributed by atoms with E-state index in [2.05, 4.69) is 10.2 Å². The van der Waals surface area contributed by atoms with E-state index in [1.54, 1.807) is 0 Å². The SMILES string of the molecule is CN(C)CCNC(C(N)=O)C1CCCCC1. The van der Waals surface area contributed by atoms with Crippen molar-refractivity contribution in [3.8, 4) is 0 Å². The molecule has 1 atom stereocenters. The molecule has 1 amide bonds. The molecule has 1 unspecified atom stereocenters. The second-order valence-corrected chi connectivity index (χ2v) is 5.04. The highest BCUT2D eigenvalue weighted by molar-refractivity contribution is 5.80. The highest BCUT2D eigenvalue weighted by Gasteiger charge is 2.27. The van der Waals surface area contributed by atoms with Gasteiger partial charge in [0.2, 0.25) is 5.91 Å². The summed E-state index contributed by atoms with van der Waals surface area (Å²) in [6.07, 6.45) is 6.07. The number of nitrogens with two attached hydrogens (primary N) is 1. The zero-order valence-electron chi connectivity index (χ0n) is 10.5. The van der Waals surface area contributed by atoms with Crippen molar-refractivity contribution >= 4 is 5.91 Å². The number of carbonyl (C=O) groups is 1. The van der Waals surface area contributed by atoms with Gasteiger partial charge in [0, 0.05) is 13.1 Å². The summed E-state index contributed by atoms with van der Waals surface area (Å²) in [5.74, 6) is 0.263. The van der Waals surface area contributed by atoms with Crippen molar-refractivity contribution in [3.63, 3.8) is 0 Å². The molecule has 0 radical (unpaired) electrons. The highest BCUT2D eigenvalue weighted by atomic mass is 16.1. The number of carbonyl (C=O) groups excluding carboxylic acids is 1. The van der Waals surface area contributed by atoms with Crippen LogP contribution >= 0.6 is 0 Å². The minimum atomic E-state index is -0.189. The van der Waals surface area contributed by atoms with Gasteiger partial charge in [-0.05, 0) is 32.9 Å². The van der Waals surface area contributed by atoms with E-state index in [1.807, 2.05) is 14.1 Å². The maximum Gasteiger partial charge on any atom is 0.234 e. The summed E-state index contributed by atoms with van der Waals surface area (Å²) in [6, 6.07) is -0.125. The molecule has 0 aromatic carbocycles. The van der Waals surface area contributed by atoms with Gasteiger partial charge in [-0.1, -0.05) is 19.3 Å². The van der Waals surface area contributed by atoms with Crippen LogP contribution < -0.4 is 11.1 Å². The van der Waals surface area contributed by atoms with Gasteiger partial charge in [-0.25, -0.2) is 0 Å². The third-order valence-electron chi connectivity index (χ3n) is 3.35. The van der Waals surface area contributed by atoms with Gasteiger partial charge < -0.3 is 16.0 Å². The average Bonchev–Trinajstić information content (AvgIpc) is 2.25. The first-order valence-electron chi connectivity index (χ1n) is 6.28. The number of hydrogen-bond donors (Lipinski definition) is 2. The Bertz CT molecular complexity index is 212. The summed E-state index contributed by atoms with van der Waals surface area (Å²) >= 11 is 0. The number of nitrogens with zero attached hydrogens (tertiary/aromatic N) is 1. The number of primary amides is 1. The predicted octanol–water partition coefficient (Wildman–Crippen LogP) is 0.572. The van der Waals surface area contributed by atoms with Crippen molar-refractivity contribution in [3.05, 3.63) is 0 Å². The standard InChI is InChI=1S/C12H25N3O/c1-15(2)9-8-14-11(12(13)16)10-6-4-3-5-7-10/h10-11,14H,3-9H2,1-2H3,(H2,13,16). The molecule has 0 saturated heterocycles. The van der Waals surface area contributed by atoms with E-state index in [0.29, 0.717) is 5.92 Å². The van der Waals surface area contributed by atoms with Gasteiger partial charge >= 0.3 is 0 Å². The van der Waals surface area contributed by atoms with Crippen LogP contribution in [-0.2, 0) is 4.79 Å². The number of rotatable bonds is 6. The first kappa shape index (κ1) is 13.5. The van der Waals surface area contributed by atoms with Gasteiger partial charge in [0.25, 0.3) is 0 Å². The third kappa shape index (κ3) is 4.49. The van der Waals surface area contributed by atoms with Crippen LogP contribution in [0.5, 0.6) is 0 Å². The summed E-state index contributed by atoms with van der Waals surface area (Å²) in [5.41, 5.74) is 5.47. The zero-order valence-corrected chi connectivity index (χ0v) is 10.5. The van der Waals surface area contributed by atoms with E-state index in [1.165, 1.54) is 19.3 Å². The van der Waals surface area contributed by atoms with E-state index >= 15 is 0 Å². The monoisotopic (exact) mass is 227 g/mol. The van der Waals surface area contributed by atoms with E-state index in [0.717, 1.165) is 25.9 Å². The van der Waals surface area contributed by atoms with Crippen molar-refractivity contribution in [2.45, 2.75) is 38.1 Å². The second-order valence-electron chi connectivity index (χ2n) is 5.04. The lowest BCUT2D eigenvalue weighted by Crippen LogP contribution is -2.48. The lowest BCUT2D eigenvalue weighted by Gasteiger charge is -2.29. The van der Waals surface area contributed by atoms with Gasteiger partial charge in [-0.15, -0.1) is 0 Å². The Hall–Kier alpha value is -0.610. The Morgan fingerprint density at radius 3 is 2.50 bits per heavy atom. The largest absolute Gasteiger partial charge is 0.368 e. The molecule has 4 nitrogen and oxygen atoms in total. The van der Waals surface area contributed by atoms with Crippen molar-refractivity contribution < 1.29 is 4.79 Å². The number of nitrogens with one attached hydrogen (secondary N) is 1. The topological polar surface area (TPSA) is 58.4 Å². The molecular formula is C12H25N3O.